The van der Waals surface area contributed by atoms with Crippen molar-refractivity contribution in [3.8, 4) is 0 Å². The van der Waals surface area contributed by atoms with E-state index in [0.717, 1.165) is 12.1 Å². The molecule has 0 amide bonds. The first kappa shape index (κ1) is 13.4. The maximum atomic E-state index is 12.7. The fourth-order valence-electron chi connectivity index (χ4n) is 1.84. The minimum Gasteiger partial charge on any atom is -0.375 e. The predicted octanol–water partition coefficient (Wildman–Crippen LogP) is 2.98. The highest BCUT2D eigenvalue weighted by molar-refractivity contribution is 6.29. The first-order chi connectivity index (χ1) is 8.36. The molecule has 1 fully saturated rings. The van der Waals surface area contributed by atoms with Gasteiger partial charge in [0.1, 0.15) is 11.0 Å². The third-order valence-electron chi connectivity index (χ3n) is 2.67. The number of halogens is 4. The minimum absolute atomic E-state index is 0.0335. The van der Waals surface area contributed by atoms with E-state index in [1.807, 2.05) is 6.92 Å². The second-order valence-corrected chi connectivity index (χ2v) is 4.55. The van der Waals surface area contributed by atoms with E-state index in [9.17, 15) is 13.2 Å². The highest BCUT2D eigenvalue weighted by Crippen LogP contribution is 2.33. The van der Waals surface area contributed by atoms with Crippen LogP contribution >= 0.6 is 11.6 Å². The van der Waals surface area contributed by atoms with Crippen molar-refractivity contribution < 1.29 is 17.9 Å². The molecule has 0 radical (unpaired) electrons. The predicted molar refractivity (Wildman–Crippen MR) is 61.9 cm³/mol. The third-order valence-corrected chi connectivity index (χ3v) is 2.87. The van der Waals surface area contributed by atoms with Crippen molar-refractivity contribution in [2.75, 3.05) is 24.6 Å². The zero-order chi connectivity index (χ0) is 13.3. The summed E-state index contributed by atoms with van der Waals surface area (Å²) in [6.45, 7) is 3.34. The summed E-state index contributed by atoms with van der Waals surface area (Å²) in [7, 11) is 0. The van der Waals surface area contributed by atoms with Gasteiger partial charge in [0.15, 0.2) is 0 Å². The molecule has 2 heterocycles. The van der Waals surface area contributed by atoms with Crippen LogP contribution in [0.3, 0.4) is 0 Å². The summed E-state index contributed by atoms with van der Waals surface area (Å²) < 4.78 is 43.3. The third kappa shape index (κ3) is 3.05. The average molecular weight is 281 g/mol. The smallest absolute Gasteiger partial charge is 0.375 e. The maximum absolute atomic E-state index is 12.7. The van der Waals surface area contributed by atoms with Crippen molar-refractivity contribution in [1.82, 2.24) is 4.98 Å². The van der Waals surface area contributed by atoms with Gasteiger partial charge in [0, 0.05) is 13.1 Å². The number of rotatable bonds is 1. The van der Waals surface area contributed by atoms with Gasteiger partial charge in [-0.1, -0.05) is 11.6 Å². The Labute approximate surface area is 108 Å². The Morgan fingerprint density at radius 3 is 2.78 bits per heavy atom. The van der Waals surface area contributed by atoms with E-state index in [4.69, 9.17) is 16.3 Å². The van der Waals surface area contributed by atoms with E-state index in [0.29, 0.717) is 19.7 Å². The van der Waals surface area contributed by atoms with E-state index >= 15 is 0 Å². The van der Waals surface area contributed by atoms with Crippen LogP contribution in [-0.2, 0) is 10.9 Å². The fraction of sp³-hybridized carbons (Fsp3) is 0.545. The zero-order valence-electron chi connectivity index (χ0n) is 9.67. The molecular weight excluding hydrogens is 269 g/mol. The molecule has 0 bridgehead atoms. The number of anilines is 1. The standard InChI is InChI=1S/C11H12ClF3N2O/c1-7-6-17(2-3-18-7)10-5-8(11(13,14)15)4-9(12)16-10/h4-5,7H,2-3,6H2,1H3. The van der Waals surface area contributed by atoms with Crippen molar-refractivity contribution in [2.24, 2.45) is 0 Å². The Hall–Kier alpha value is -1.01. The van der Waals surface area contributed by atoms with Crippen LogP contribution in [0.1, 0.15) is 12.5 Å². The Kier molecular flexibility index (Phi) is 3.68. The zero-order valence-corrected chi connectivity index (χ0v) is 10.4. The van der Waals surface area contributed by atoms with Crippen molar-refractivity contribution >= 4 is 17.4 Å². The summed E-state index contributed by atoms with van der Waals surface area (Å²) >= 11 is 5.64. The van der Waals surface area contributed by atoms with Crippen molar-refractivity contribution in [1.29, 1.82) is 0 Å². The van der Waals surface area contributed by atoms with Crippen molar-refractivity contribution in [3.05, 3.63) is 22.8 Å². The maximum Gasteiger partial charge on any atom is 0.416 e. The molecule has 100 valence electrons. The van der Waals surface area contributed by atoms with Gasteiger partial charge in [0.2, 0.25) is 0 Å². The van der Waals surface area contributed by atoms with Crippen LogP contribution in [0.5, 0.6) is 0 Å². The van der Waals surface area contributed by atoms with Crippen molar-refractivity contribution in [2.45, 2.75) is 19.2 Å². The van der Waals surface area contributed by atoms with Gasteiger partial charge in [-0.05, 0) is 19.1 Å². The largest absolute Gasteiger partial charge is 0.416 e. The molecule has 0 aliphatic carbocycles. The molecule has 3 nitrogen and oxygen atoms in total. The van der Waals surface area contributed by atoms with Crippen LogP contribution in [0.4, 0.5) is 19.0 Å². The summed E-state index contributed by atoms with van der Waals surface area (Å²) in [5, 5.41) is -0.154. The van der Waals surface area contributed by atoms with Crippen LogP contribution in [0.2, 0.25) is 5.15 Å². The number of ether oxygens (including phenoxy) is 1. The molecule has 1 aliphatic heterocycles. The molecule has 0 aromatic carbocycles. The molecule has 7 heteroatoms. The summed E-state index contributed by atoms with van der Waals surface area (Å²) in [5.41, 5.74) is -0.781. The van der Waals surface area contributed by atoms with Crippen LogP contribution in [-0.4, -0.2) is 30.8 Å². The fourth-order valence-corrected chi connectivity index (χ4v) is 2.04. The highest BCUT2D eigenvalue weighted by Gasteiger charge is 2.32. The number of alkyl halides is 3. The monoisotopic (exact) mass is 280 g/mol. The lowest BCUT2D eigenvalue weighted by atomic mass is 10.2. The van der Waals surface area contributed by atoms with Crippen LogP contribution in [0.15, 0.2) is 12.1 Å². The van der Waals surface area contributed by atoms with E-state index in [-0.39, 0.29) is 17.1 Å². The molecule has 1 atom stereocenters. The topological polar surface area (TPSA) is 25.4 Å². The number of pyridine rings is 1. The van der Waals surface area contributed by atoms with Crippen LogP contribution < -0.4 is 4.90 Å². The molecule has 18 heavy (non-hydrogen) atoms. The van der Waals surface area contributed by atoms with E-state index in [1.165, 1.54) is 0 Å². The number of nitrogens with zero attached hydrogens (tertiary/aromatic N) is 2. The number of aromatic nitrogens is 1. The van der Waals surface area contributed by atoms with Crippen LogP contribution in [0, 0.1) is 0 Å². The first-order valence-electron chi connectivity index (χ1n) is 5.47. The molecule has 0 N–H and O–H groups in total. The summed E-state index contributed by atoms with van der Waals surface area (Å²) in [5.74, 6) is 0.241. The van der Waals surface area contributed by atoms with Gasteiger partial charge in [-0.3, -0.25) is 0 Å². The summed E-state index contributed by atoms with van der Waals surface area (Å²) in [4.78, 5) is 5.69. The van der Waals surface area contributed by atoms with E-state index < -0.39 is 11.7 Å². The lowest BCUT2D eigenvalue weighted by Gasteiger charge is -2.32. The van der Waals surface area contributed by atoms with E-state index in [1.54, 1.807) is 4.90 Å². The molecule has 1 saturated heterocycles. The second-order valence-electron chi connectivity index (χ2n) is 4.16. The molecule has 1 unspecified atom stereocenters. The summed E-state index contributed by atoms with van der Waals surface area (Å²) in [6, 6.07) is 1.85. The number of hydrogen-bond donors (Lipinski definition) is 0. The molecule has 1 aromatic heterocycles. The molecular formula is C11H12ClF3N2O. The number of hydrogen-bond acceptors (Lipinski definition) is 3. The average Bonchev–Trinajstić information content (AvgIpc) is 2.27. The Bertz CT molecular complexity index is 439. The normalized spacial score (nSPS) is 21.2. The number of morpholine rings is 1. The van der Waals surface area contributed by atoms with Gasteiger partial charge in [-0.2, -0.15) is 13.2 Å². The van der Waals surface area contributed by atoms with Gasteiger partial charge >= 0.3 is 6.18 Å². The van der Waals surface area contributed by atoms with Gasteiger partial charge in [-0.25, -0.2) is 4.98 Å². The van der Waals surface area contributed by atoms with Gasteiger partial charge in [0.25, 0.3) is 0 Å². The summed E-state index contributed by atoms with van der Waals surface area (Å²) in [6.07, 6.45) is -4.45. The molecule has 0 saturated carbocycles. The SMILES string of the molecule is CC1CN(c2cc(C(F)(F)F)cc(Cl)n2)CCO1. The molecule has 1 aromatic rings. The second kappa shape index (κ2) is 4.93. The molecule has 1 aliphatic rings. The minimum atomic E-state index is -4.42. The van der Waals surface area contributed by atoms with Crippen LogP contribution in [0.25, 0.3) is 0 Å². The van der Waals surface area contributed by atoms with E-state index in [2.05, 4.69) is 4.98 Å². The lowest BCUT2D eigenvalue weighted by molar-refractivity contribution is -0.137. The Morgan fingerprint density at radius 2 is 2.17 bits per heavy atom. The first-order valence-corrected chi connectivity index (χ1v) is 5.85. The van der Waals surface area contributed by atoms with Gasteiger partial charge in [-0.15, -0.1) is 0 Å². The van der Waals surface area contributed by atoms with Gasteiger partial charge in [0.05, 0.1) is 18.3 Å². The Morgan fingerprint density at radius 1 is 1.44 bits per heavy atom. The van der Waals surface area contributed by atoms with Gasteiger partial charge < -0.3 is 9.64 Å². The highest BCUT2D eigenvalue weighted by atomic mass is 35.5. The molecule has 2 rings (SSSR count). The lowest BCUT2D eigenvalue weighted by Crippen LogP contribution is -2.41. The Balaban J connectivity index is 2.30. The molecule has 0 spiro atoms. The quantitative estimate of drug-likeness (QED) is 0.740. The van der Waals surface area contributed by atoms with Crippen molar-refractivity contribution in [3.63, 3.8) is 0 Å².